The number of ether oxygens (including phenoxy) is 2. The van der Waals surface area contributed by atoms with Crippen LogP contribution in [0.1, 0.15) is 18.2 Å². The summed E-state index contributed by atoms with van der Waals surface area (Å²) in [7, 11) is 1.63. The van der Waals surface area contributed by atoms with Crippen molar-refractivity contribution in [2.75, 3.05) is 38.8 Å². The lowest BCUT2D eigenvalue weighted by Gasteiger charge is -2.03. The lowest BCUT2D eigenvalue weighted by Crippen LogP contribution is -2.12. The monoisotopic (exact) mass is 249 g/mol. The van der Waals surface area contributed by atoms with Crippen molar-refractivity contribution in [3.63, 3.8) is 0 Å². The Bertz CT molecular complexity index is 293. The van der Waals surface area contributed by atoms with Gasteiger partial charge in [-0.2, -0.15) is 0 Å². The fraction of sp³-hybridized carbons (Fsp3) is 0.778. The molecule has 0 aliphatic heterocycles. The predicted octanol–water partition coefficient (Wildman–Crippen LogP) is 1.44. The summed E-state index contributed by atoms with van der Waals surface area (Å²) in [5.74, 6) is 0.407. The highest BCUT2D eigenvalue weighted by Gasteiger charge is 2.10. The molecule has 0 aliphatic rings. The van der Waals surface area contributed by atoms with Crippen molar-refractivity contribution in [3.8, 4) is 0 Å². The van der Waals surface area contributed by atoms with Gasteiger partial charge in [0.05, 0.1) is 19.8 Å². The normalized spacial score (nSPS) is 12.7. The molecule has 0 spiro atoms. The summed E-state index contributed by atoms with van der Waals surface area (Å²) in [5, 5.41) is 10.2. The van der Waals surface area contributed by atoms with Crippen LogP contribution in [0, 0.1) is 0 Å². The number of nitrogens with one attached hydrogen (secondary N) is 1. The second kappa shape index (κ2) is 7.43. The van der Waals surface area contributed by atoms with E-state index in [-0.39, 0.29) is 5.38 Å². The molecule has 1 aromatic rings. The zero-order valence-electron chi connectivity index (χ0n) is 9.40. The molecule has 0 aromatic carbocycles. The first-order valence-corrected chi connectivity index (χ1v) is 5.45. The molecule has 1 heterocycles. The topological polar surface area (TPSA) is 69.4 Å². The molecule has 16 heavy (non-hydrogen) atoms. The van der Waals surface area contributed by atoms with Crippen LogP contribution < -0.4 is 5.32 Å². The third-order valence-corrected chi connectivity index (χ3v) is 1.92. The second-order valence-corrected chi connectivity index (χ2v) is 3.75. The summed E-state index contributed by atoms with van der Waals surface area (Å²) in [6.07, 6.45) is 0. The van der Waals surface area contributed by atoms with E-state index in [1.807, 2.05) is 0 Å². The van der Waals surface area contributed by atoms with E-state index in [0.29, 0.717) is 38.3 Å². The summed E-state index contributed by atoms with van der Waals surface area (Å²) >= 11 is 5.77. The van der Waals surface area contributed by atoms with Gasteiger partial charge in [0.2, 0.25) is 5.89 Å². The van der Waals surface area contributed by atoms with Crippen LogP contribution in [0.5, 0.6) is 0 Å². The van der Waals surface area contributed by atoms with Gasteiger partial charge in [-0.1, -0.05) is 5.10 Å². The van der Waals surface area contributed by atoms with Crippen LogP contribution in [0.3, 0.4) is 0 Å². The van der Waals surface area contributed by atoms with Gasteiger partial charge < -0.3 is 19.2 Å². The van der Waals surface area contributed by atoms with Gasteiger partial charge in [0.1, 0.15) is 5.38 Å². The number of anilines is 1. The minimum absolute atomic E-state index is 0.277. The maximum absolute atomic E-state index is 5.77. The summed E-state index contributed by atoms with van der Waals surface area (Å²) in [4.78, 5) is 0. The zero-order valence-corrected chi connectivity index (χ0v) is 10.2. The maximum atomic E-state index is 5.77. The number of nitrogens with zero attached hydrogens (tertiary/aromatic N) is 2. The molecule has 1 atom stereocenters. The minimum Gasteiger partial charge on any atom is -0.407 e. The molecule has 1 aromatic heterocycles. The fourth-order valence-corrected chi connectivity index (χ4v) is 1.03. The number of rotatable bonds is 8. The molecule has 1 rings (SSSR count). The molecule has 0 fully saturated rings. The lowest BCUT2D eigenvalue weighted by molar-refractivity contribution is 0.0757. The Balaban J connectivity index is 2.12. The molecule has 1 N–H and O–H groups in total. The van der Waals surface area contributed by atoms with Gasteiger partial charge in [-0.3, -0.25) is 0 Å². The van der Waals surface area contributed by atoms with E-state index < -0.39 is 0 Å². The minimum atomic E-state index is -0.277. The van der Waals surface area contributed by atoms with Gasteiger partial charge >= 0.3 is 6.01 Å². The van der Waals surface area contributed by atoms with Crippen LogP contribution in [0.15, 0.2) is 4.42 Å². The average molecular weight is 250 g/mol. The van der Waals surface area contributed by atoms with Gasteiger partial charge in [-0.25, -0.2) is 0 Å². The van der Waals surface area contributed by atoms with Crippen molar-refractivity contribution in [1.82, 2.24) is 10.2 Å². The third kappa shape index (κ3) is 4.78. The summed E-state index contributed by atoms with van der Waals surface area (Å²) in [6.45, 7) is 4.09. The SMILES string of the molecule is COCCOCCNc1nnc(C(C)Cl)o1. The highest BCUT2D eigenvalue weighted by Crippen LogP contribution is 2.18. The molecule has 0 radical (unpaired) electrons. The second-order valence-electron chi connectivity index (χ2n) is 3.09. The Kier molecular flexibility index (Phi) is 6.14. The van der Waals surface area contributed by atoms with Crippen molar-refractivity contribution < 1.29 is 13.9 Å². The van der Waals surface area contributed by atoms with Crippen LogP contribution in [-0.4, -0.2) is 43.7 Å². The van der Waals surface area contributed by atoms with Gasteiger partial charge in [-0.15, -0.1) is 16.7 Å². The summed E-state index contributed by atoms with van der Waals surface area (Å²) in [5.41, 5.74) is 0. The first kappa shape index (κ1) is 13.2. The molecule has 0 amide bonds. The van der Waals surface area contributed by atoms with Gasteiger partial charge in [0, 0.05) is 13.7 Å². The quantitative estimate of drug-likeness (QED) is 0.555. The third-order valence-electron chi connectivity index (χ3n) is 1.74. The summed E-state index contributed by atoms with van der Waals surface area (Å²) < 4.78 is 15.3. The molecule has 0 aliphatic carbocycles. The predicted molar refractivity (Wildman–Crippen MR) is 59.8 cm³/mol. The van der Waals surface area contributed by atoms with Crippen molar-refractivity contribution in [2.24, 2.45) is 0 Å². The van der Waals surface area contributed by atoms with Crippen molar-refractivity contribution in [1.29, 1.82) is 0 Å². The van der Waals surface area contributed by atoms with E-state index in [2.05, 4.69) is 15.5 Å². The molecule has 1 unspecified atom stereocenters. The van der Waals surface area contributed by atoms with Crippen LogP contribution in [0.4, 0.5) is 6.01 Å². The number of aromatic nitrogens is 2. The fourth-order valence-electron chi connectivity index (χ4n) is 0.941. The van der Waals surface area contributed by atoms with Crippen LogP contribution in [-0.2, 0) is 9.47 Å². The van der Waals surface area contributed by atoms with Gasteiger partial charge in [-0.05, 0) is 6.92 Å². The standard InChI is InChI=1S/C9H16ClN3O3/c1-7(10)8-12-13-9(16-8)11-3-4-15-6-5-14-2/h7H,3-6H2,1-2H3,(H,11,13). The molecular weight excluding hydrogens is 234 g/mol. The maximum Gasteiger partial charge on any atom is 0.315 e. The van der Waals surface area contributed by atoms with Crippen LogP contribution in [0.2, 0.25) is 0 Å². The molecule has 7 heteroatoms. The van der Waals surface area contributed by atoms with Gasteiger partial charge in [0.25, 0.3) is 0 Å². The van der Waals surface area contributed by atoms with E-state index >= 15 is 0 Å². The van der Waals surface area contributed by atoms with E-state index in [1.54, 1.807) is 14.0 Å². The van der Waals surface area contributed by atoms with Crippen molar-refractivity contribution >= 4 is 17.6 Å². The first-order valence-electron chi connectivity index (χ1n) is 5.02. The number of hydrogen-bond donors (Lipinski definition) is 1. The Morgan fingerprint density at radius 3 is 2.81 bits per heavy atom. The summed E-state index contributed by atoms with van der Waals surface area (Å²) in [6, 6.07) is 0.359. The van der Waals surface area contributed by atoms with Crippen molar-refractivity contribution in [2.45, 2.75) is 12.3 Å². The average Bonchev–Trinajstić information content (AvgIpc) is 2.72. The number of halogens is 1. The highest BCUT2D eigenvalue weighted by molar-refractivity contribution is 6.20. The Morgan fingerprint density at radius 1 is 1.38 bits per heavy atom. The van der Waals surface area contributed by atoms with E-state index in [1.165, 1.54) is 0 Å². The van der Waals surface area contributed by atoms with E-state index in [9.17, 15) is 0 Å². The number of alkyl halides is 1. The zero-order chi connectivity index (χ0) is 11.8. The number of methoxy groups -OCH3 is 1. The smallest absolute Gasteiger partial charge is 0.315 e. The Labute approximate surface area is 99.3 Å². The van der Waals surface area contributed by atoms with Crippen molar-refractivity contribution in [3.05, 3.63) is 5.89 Å². The first-order chi connectivity index (χ1) is 7.74. The molecule has 0 bridgehead atoms. The van der Waals surface area contributed by atoms with Crippen LogP contribution >= 0.6 is 11.6 Å². The highest BCUT2D eigenvalue weighted by atomic mass is 35.5. The molecule has 6 nitrogen and oxygen atoms in total. The molecule has 0 saturated heterocycles. The van der Waals surface area contributed by atoms with E-state index in [4.69, 9.17) is 25.5 Å². The molecule has 92 valence electrons. The van der Waals surface area contributed by atoms with E-state index in [0.717, 1.165) is 0 Å². The lowest BCUT2D eigenvalue weighted by atomic mass is 10.5. The van der Waals surface area contributed by atoms with Crippen LogP contribution in [0.25, 0.3) is 0 Å². The van der Waals surface area contributed by atoms with Gasteiger partial charge in [0.15, 0.2) is 0 Å². The largest absolute Gasteiger partial charge is 0.407 e. The molecular formula is C9H16ClN3O3. The Hall–Kier alpha value is -0.850. The molecule has 0 saturated carbocycles. The number of hydrogen-bond acceptors (Lipinski definition) is 6. The Morgan fingerprint density at radius 2 is 2.19 bits per heavy atom.